The average molecular weight is 169 g/mol. The van der Waals surface area contributed by atoms with Gasteiger partial charge in [0.1, 0.15) is 0 Å². The van der Waals surface area contributed by atoms with Crippen molar-refractivity contribution in [2.75, 3.05) is 0 Å². The molecule has 0 aromatic rings. The molecule has 1 aliphatic rings. The highest BCUT2D eigenvalue weighted by atomic mass is 14.8. The van der Waals surface area contributed by atoms with Crippen molar-refractivity contribution in [1.29, 1.82) is 0 Å². The SMILES string of the molecule is CCCCC1(C)CC(C)(C)[C@@H]1N. The minimum absolute atomic E-state index is 0.391. The molecule has 1 aliphatic carbocycles. The number of nitrogens with two attached hydrogens (primary N) is 1. The lowest BCUT2D eigenvalue weighted by atomic mass is 9.50. The summed E-state index contributed by atoms with van der Waals surface area (Å²) in [7, 11) is 0. The highest BCUT2D eigenvalue weighted by Gasteiger charge is 2.52. The summed E-state index contributed by atoms with van der Waals surface area (Å²) in [6.45, 7) is 9.16. The van der Waals surface area contributed by atoms with Crippen molar-refractivity contribution in [3.63, 3.8) is 0 Å². The molecule has 0 aromatic carbocycles. The van der Waals surface area contributed by atoms with Gasteiger partial charge in [0, 0.05) is 6.04 Å². The zero-order chi connectivity index (χ0) is 9.41. The third-order valence-corrected chi connectivity index (χ3v) is 3.55. The summed E-state index contributed by atoms with van der Waals surface area (Å²) in [5.41, 5.74) is 7.01. The highest BCUT2D eigenvalue weighted by molar-refractivity contribution is 5.06. The number of unbranched alkanes of at least 4 members (excludes halogenated alkanes) is 1. The molecule has 2 atom stereocenters. The van der Waals surface area contributed by atoms with Gasteiger partial charge in [-0.15, -0.1) is 0 Å². The van der Waals surface area contributed by atoms with Crippen molar-refractivity contribution in [3.8, 4) is 0 Å². The molecule has 2 N–H and O–H groups in total. The molecule has 0 amide bonds. The van der Waals surface area contributed by atoms with Crippen LogP contribution in [0.15, 0.2) is 0 Å². The zero-order valence-electron chi connectivity index (χ0n) is 8.98. The van der Waals surface area contributed by atoms with Gasteiger partial charge >= 0.3 is 0 Å². The van der Waals surface area contributed by atoms with E-state index in [0.717, 1.165) is 0 Å². The quantitative estimate of drug-likeness (QED) is 0.690. The first kappa shape index (κ1) is 10.0. The van der Waals surface area contributed by atoms with Crippen molar-refractivity contribution in [1.82, 2.24) is 0 Å². The second kappa shape index (κ2) is 3.02. The summed E-state index contributed by atoms with van der Waals surface area (Å²) in [4.78, 5) is 0. The molecular formula is C11H23N. The molecule has 1 rings (SSSR count). The van der Waals surface area contributed by atoms with E-state index in [2.05, 4.69) is 27.7 Å². The Bertz CT molecular complexity index is 162. The first-order valence-electron chi connectivity index (χ1n) is 5.18. The monoisotopic (exact) mass is 169 g/mol. The van der Waals surface area contributed by atoms with Crippen LogP contribution in [-0.4, -0.2) is 6.04 Å². The van der Waals surface area contributed by atoms with Gasteiger partial charge < -0.3 is 5.73 Å². The molecule has 0 heterocycles. The smallest absolute Gasteiger partial charge is 0.0145 e. The van der Waals surface area contributed by atoms with E-state index in [1.54, 1.807) is 0 Å². The Hall–Kier alpha value is -0.0400. The summed E-state index contributed by atoms with van der Waals surface area (Å²) in [5, 5.41) is 0. The molecule has 0 bridgehead atoms. The Morgan fingerprint density at radius 3 is 2.25 bits per heavy atom. The standard InChI is InChI=1S/C11H23N/c1-5-6-7-11(4)8-10(2,3)9(11)12/h9H,5-8,12H2,1-4H3/t9-,11?/m0/s1. The van der Waals surface area contributed by atoms with E-state index in [0.29, 0.717) is 16.9 Å². The van der Waals surface area contributed by atoms with Crippen molar-refractivity contribution in [2.24, 2.45) is 16.6 Å². The zero-order valence-corrected chi connectivity index (χ0v) is 8.98. The van der Waals surface area contributed by atoms with E-state index < -0.39 is 0 Å². The van der Waals surface area contributed by atoms with Gasteiger partial charge in [-0.3, -0.25) is 0 Å². The van der Waals surface area contributed by atoms with Gasteiger partial charge in [-0.2, -0.15) is 0 Å². The van der Waals surface area contributed by atoms with Gasteiger partial charge in [-0.1, -0.05) is 40.5 Å². The maximum atomic E-state index is 6.18. The number of rotatable bonds is 3. The average Bonchev–Trinajstić information content (AvgIpc) is 1.99. The fourth-order valence-corrected chi connectivity index (χ4v) is 2.90. The van der Waals surface area contributed by atoms with Crippen molar-refractivity contribution in [2.45, 2.75) is 59.4 Å². The van der Waals surface area contributed by atoms with Crippen LogP contribution in [0.3, 0.4) is 0 Å². The van der Waals surface area contributed by atoms with Gasteiger partial charge in [0.05, 0.1) is 0 Å². The molecule has 0 aromatic heterocycles. The molecule has 72 valence electrons. The van der Waals surface area contributed by atoms with Crippen LogP contribution >= 0.6 is 0 Å². The lowest BCUT2D eigenvalue weighted by Gasteiger charge is -2.58. The molecule has 0 radical (unpaired) electrons. The van der Waals surface area contributed by atoms with E-state index in [1.807, 2.05) is 0 Å². The Morgan fingerprint density at radius 2 is 1.92 bits per heavy atom. The van der Waals surface area contributed by atoms with E-state index in [9.17, 15) is 0 Å². The summed E-state index contributed by atoms with van der Waals surface area (Å²) < 4.78 is 0. The lowest BCUT2D eigenvalue weighted by molar-refractivity contribution is -0.0398. The van der Waals surface area contributed by atoms with Crippen LogP contribution in [0.25, 0.3) is 0 Å². The third kappa shape index (κ3) is 1.52. The topological polar surface area (TPSA) is 26.0 Å². The Kier molecular flexibility index (Phi) is 2.53. The van der Waals surface area contributed by atoms with E-state index in [-0.39, 0.29) is 0 Å². The molecule has 1 saturated carbocycles. The summed E-state index contributed by atoms with van der Waals surface area (Å²) in [6, 6.07) is 0.413. The highest BCUT2D eigenvalue weighted by Crippen LogP contribution is 2.55. The predicted molar refractivity (Wildman–Crippen MR) is 54.0 cm³/mol. The summed E-state index contributed by atoms with van der Waals surface area (Å²) in [5.74, 6) is 0. The first-order chi connectivity index (χ1) is 5.42. The largest absolute Gasteiger partial charge is 0.327 e. The molecule has 12 heavy (non-hydrogen) atoms. The molecule has 0 saturated heterocycles. The lowest BCUT2D eigenvalue weighted by Crippen LogP contribution is -2.61. The van der Waals surface area contributed by atoms with Crippen molar-refractivity contribution in [3.05, 3.63) is 0 Å². The summed E-state index contributed by atoms with van der Waals surface area (Å²) in [6.07, 6.45) is 5.25. The fraction of sp³-hybridized carbons (Fsp3) is 1.00. The van der Waals surface area contributed by atoms with Gasteiger partial charge in [0.2, 0.25) is 0 Å². The Balaban J connectivity index is 2.44. The normalized spacial score (nSPS) is 39.2. The fourth-order valence-electron chi connectivity index (χ4n) is 2.90. The van der Waals surface area contributed by atoms with Crippen LogP contribution in [0.2, 0.25) is 0 Å². The maximum absolute atomic E-state index is 6.18. The van der Waals surface area contributed by atoms with E-state index >= 15 is 0 Å². The second-order valence-electron chi connectivity index (χ2n) is 5.40. The molecule has 1 heteroatoms. The van der Waals surface area contributed by atoms with Crippen LogP contribution in [-0.2, 0) is 0 Å². The van der Waals surface area contributed by atoms with Gasteiger partial charge in [-0.05, 0) is 23.7 Å². The molecule has 1 nitrogen and oxygen atoms in total. The van der Waals surface area contributed by atoms with Crippen LogP contribution in [0.4, 0.5) is 0 Å². The second-order valence-corrected chi connectivity index (χ2v) is 5.40. The molecular weight excluding hydrogens is 146 g/mol. The van der Waals surface area contributed by atoms with Crippen molar-refractivity contribution >= 4 is 0 Å². The predicted octanol–water partition coefficient (Wildman–Crippen LogP) is 2.94. The van der Waals surface area contributed by atoms with E-state index in [1.165, 1.54) is 25.7 Å². The Morgan fingerprint density at radius 1 is 1.33 bits per heavy atom. The Labute approximate surface area is 76.7 Å². The number of hydrogen-bond donors (Lipinski definition) is 1. The van der Waals surface area contributed by atoms with Gasteiger partial charge in [-0.25, -0.2) is 0 Å². The molecule has 0 aliphatic heterocycles. The van der Waals surface area contributed by atoms with Crippen LogP contribution in [0, 0.1) is 10.8 Å². The van der Waals surface area contributed by atoms with Crippen LogP contribution in [0.1, 0.15) is 53.4 Å². The van der Waals surface area contributed by atoms with Gasteiger partial charge in [0.15, 0.2) is 0 Å². The maximum Gasteiger partial charge on any atom is 0.0145 e. The number of hydrogen-bond acceptors (Lipinski definition) is 1. The minimum atomic E-state index is 0.391. The third-order valence-electron chi connectivity index (χ3n) is 3.55. The molecule has 1 fully saturated rings. The summed E-state index contributed by atoms with van der Waals surface area (Å²) >= 11 is 0. The van der Waals surface area contributed by atoms with Crippen molar-refractivity contribution < 1.29 is 0 Å². The molecule has 0 spiro atoms. The molecule has 1 unspecified atom stereocenters. The van der Waals surface area contributed by atoms with Crippen LogP contribution < -0.4 is 5.73 Å². The minimum Gasteiger partial charge on any atom is -0.327 e. The van der Waals surface area contributed by atoms with Gasteiger partial charge in [0.25, 0.3) is 0 Å². The van der Waals surface area contributed by atoms with E-state index in [4.69, 9.17) is 5.73 Å². The first-order valence-corrected chi connectivity index (χ1v) is 5.18. The van der Waals surface area contributed by atoms with Crippen LogP contribution in [0.5, 0.6) is 0 Å².